The number of sulfonamides is 1. The third kappa shape index (κ3) is 3.35. The number of nitrogens with one attached hydrogen (secondary N) is 1. The highest BCUT2D eigenvalue weighted by Gasteiger charge is 2.18. The molecule has 1 aromatic heterocycles. The van der Waals surface area contributed by atoms with Crippen LogP contribution in [0.3, 0.4) is 0 Å². The number of nitrogens with zero attached hydrogens (tertiary/aromatic N) is 3. The van der Waals surface area contributed by atoms with E-state index in [1.807, 2.05) is 6.92 Å². The number of nitrogens with two attached hydrogens (primary N) is 1. The van der Waals surface area contributed by atoms with Crippen LogP contribution in [0.5, 0.6) is 0 Å². The number of carboxylic acid groups (broad SMARTS) is 1. The van der Waals surface area contributed by atoms with Crippen LogP contribution in [0.25, 0.3) is 5.69 Å². The Kier molecular flexibility index (Phi) is 4.34. The summed E-state index contributed by atoms with van der Waals surface area (Å²) in [6, 6.07) is 12.6. The van der Waals surface area contributed by atoms with Gasteiger partial charge in [0.25, 0.3) is 10.0 Å². The highest BCUT2D eigenvalue weighted by atomic mass is 32.2. The van der Waals surface area contributed by atoms with Gasteiger partial charge >= 0.3 is 5.97 Å². The Morgan fingerprint density at radius 1 is 1.12 bits per heavy atom. The van der Waals surface area contributed by atoms with Crippen molar-refractivity contribution in [1.29, 1.82) is 0 Å². The molecular formula is C16H15N5O4S. The SMILES string of the molecule is Cc1ccc(S(=O)(=O)Nc2ccc(-n3nnc(C(=O)O)c3N)cc2)cc1. The monoisotopic (exact) mass is 373 g/mol. The van der Waals surface area contributed by atoms with E-state index in [0.29, 0.717) is 11.4 Å². The lowest BCUT2D eigenvalue weighted by atomic mass is 10.2. The third-order valence-electron chi connectivity index (χ3n) is 3.60. The molecule has 0 aliphatic heterocycles. The summed E-state index contributed by atoms with van der Waals surface area (Å²) in [5, 5.41) is 16.1. The second-order valence-electron chi connectivity index (χ2n) is 5.51. The van der Waals surface area contributed by atoms with Gasteiger partial charge in [0.05, 0.1) is 10.6 Å². The molecule has 0 fully saturated rings. The second kappa shape index (κ2) is 6.48. The third-order valence-corrected chi connectivity index (χ3v) is 5.00. The molecule has 134 valence electrons. The zero-order chi connectivity index (χ0) is 18.9. The summed E-state index contributed by atoms with van der Waals surface area (Å²) < 4.78 is 28.4. The highest BCUT2D eigenvalue weighted by Crippen LogP contribution is 2.20. The Bertz CT molecular complexity index is 1060. The van der Waals surface area contributed by atoms with Gasteiger partial charge in [-0.05, 0) is 43.3 Å². The molecule has 0 amide bonds. The fourth-order valence-corrected chi connectivity index (χ4v) is 3.29. The number of aryl methyl sites for hydroxylation is 1. The van der Waals surface area contributed by atoms with E-state index in [2.05, 4.69) is 15.0 Å². The summed E-state index contributed by atoms with van der Waals surface area (Å²) in [5.74, 6) is -1.40. The molecule has 0 atom stereocenters. The van der Waals surface area contributed by atoms with Gasteiger partial charge in [0.2, 0.25) is 5.69 Å². The van der Waals surface area contributed by atoms with Crippen LogP contribution >= 0.6 is 0 Å². The van der Waals surface area contributed by atoms with Gasteiger partial charge in [-0.25, -0.2) is 13.2 Å². The first-order chi connectivity index (χ1) is 12.3. The number of hydrogen-bond acceptors (Lipinski definition) is 6. The minimum atomic E-state index is -3.71. The Morgan fingerprint density at radius 2 is 1.73 bits per heavy atom. The normalized spacial score (nSPS) is 11.3. The van der Waals surface area contributed by atoms with Crippen molar-refractivity contribution >= 4 is 27.5 Å². The van der Waals surface area contributed by atoms with E-state index in [-0.39, 0.29) is 16.4 Å². The van der Waals surface area contributed by atoms with Gasteiger partial charge in [-0.3, -0.25) is 4.72 Å². The van der Waals surface area contributed by atoms with Gasteiger partial charge in [-0.15, -0.1) is 5.10 Å². The molecular weight excluding hydrogens is 358 g/mol. The predicted octanol–water partition coefficient (Wildman–Crippen LogP) is 1.66. The number of aromatic carboxylic acids is 1. The largest absolute Gasteiger partial charge is 0.476 e. The van der Waals surface area contributed by atoms with E-state index >= 15 is 0 Å². The molecule has 0 aliphatic carbocycles. The molecule has 10 heteroatoms. The first kappa shape index (κ1) is 17.4. The van der Waals surface area contributed by atoms with E-state index in [1.165, 1.54) is 24.3 Å². The maximum absolute atomic E-state index is 12.4. The average Bonchev–Trinajstić information content (AvgIpc) is 2.97. The first-order valence-corrected chi connectivity index (χ1v) is 8.90. The van der Waals surface area contributed by atoms with Gasteiger partial charge in [0.15, 0.2) is 5.82 Å². The van der Waals surface area contributed by atoms with Crippen LogP contribution < -0.4 is 10.5 Å². The average molecular weight is 373 g/mol. The van der Waals surface area contributed by atoms with Crippen LogP contribution in [0.1, 0.15) is 16.1 Å². The zero-order valence-electron chi connectivity index (χ0n) is 13.6. The summed E-state index contributed by atoms with van der Waals surface area (Å²) in [4.78, 5) is 11.1. The minimum Gasteiger partial charge on any atom is -0.476 e. The predicted molar refractivity (Wildman–Crippen MR) is 94.7 cm³/mol. The number of hydrogen-bond donors (Lipinski definition) is 3. The van der Waals surface area contributed by atoms with Crippen LogP contribution in [0, 0.1) is 6.92 Å². The second-order valence-corrected chi connectivity index (χ2v) is 7.19. The van der Waals surface area contributed by atoms with Gasteiger partial charge in [0, 0.05) is 5.69 Å². The van der Waals surface area contributed by atoms with Crippen molar-refractivity contribution < 1.29 is 18.3 Å². The standard InChI is InChI=1S/C16H15N5O4S/c1-10-2-8-13(9-3-10)26(24,25)19-11-4-6-12(7-5-11)21-15(17)14(16(22)23)18-20-21/h2-9,19H,17H2,1H3,(H,22,23). The number of carbonyl (C=O) groups is 1. The van der Waals surface area contributed by atoms with Crippen molar-refractivity contribution in [3.05, 3.63) is 59.8 Å². The number of rotatable bonds is 5. The smallest absolute Gasteiger partial charge is 0.360 e. The highest BCUT2D eigenvalue weighted by molar-refractivity contribution is 7.92. The molecule has 0 aliphatic rings. The Labute approximate surface area is 149 Å². The molecule has 9 nitrogen and oxygen atoms in total. The lowest BCUT2D eigenvalue weighted by Gasteiger charge is -2.09. The van der Waals surface area contributed by atoms with Gasteiger partial charge in [-0.2, -0.15) is 4.68 Å². The van der Waals surface area contributed by atoms with Gasteiger partial charge < -0.3 is 10.8 Å². The molecule has 0 saturated carbocycles. The van der Waals surface area contributed by atoms with Crippen molar-refractivity contribution in [3.63, 3.8) is 0 Å². The molecule has 0 spiro atoms. The number of aromatic nitrogens is 3. The van der Waals surface area contributed by atoms with E-state index < -0.39 is 16.0 Å². The number of benzene rings is 2. The fourth-order valence-electron chi connectivity index (χ4n) is 2.23. The summed E-state index contributed by atoms with van der Waals surface area (Å²) >= 11 is 0. The summed E-state index contributed by atoms with van der Waals surface area (Å²) in [6.45, 7) is 1.87. The quantitative estimate of drug-likeness (QED) is 0.617. The number of carboxylic acids is 1. The fraction of sp³-hybridized carbons (Fsp3) is 0.0625. The van der Waals surface area contributed by atoms with Crippen LogP contribution in [-0.2, 0) is 10.0 Å². The molecule has 3 rings (SSSR count). The van der Waals surface area contributed by atoms with E-state index in [4.69, 9.17) is 10.8 Å². The Hall–Kier alpha value is -3.40. The van der Waals surface area contributed by atoms with Crippen molar-refractivity contribution in [3.8, 4) is 5.69 Å². The van der Waals surface area contributed by atoms with E-state index in [9.17, 15) is 13.2 Å². The van der Waals surface area contributed by atoms with Crippen molar-refractivity contribution in [1.82, 2.24) is 15.0 Å². The van der Waals surface area contributed by atoms with Crippen molar-refractivity contribution in [2.75, 3.05) is 10.5 Å². The van der Waals surface area contributed by atoms with Crippen LogP contribution in [0.2, 0.25) is 0 Å². The van der Waals surface area contributed by atoms with Gasteiger partial charge in [-0.1, -0.05) is 22.9 Å². The molecule has 1 heterocycles. The molecule has 3 aromatic rings. The lowest BCUT2D eigenvalue weighted by molar-refractivity contribution is 0.0691. The molecule has 0 saturated heterocycles. The number of anilines is 2. The van der Waals surface area contributed by atoms with E-state index in [0.717, 1.165) is 10.2 Å². The molecule has 2 aromatic carbocycles. The maximum atomic E-state index is 12.4. The van der Waals surface area contributed by atoms with Crippen molar-refractivity contribution in [2.24, 2.45) is 0 Å². The molecule has 0 radical (unpaired) electrons. The molecule has 4 N–H and O–H groups in total. The van der Waals surface area contributed by atoms with Crippen LogP contribution in [0.4, 0.5) is 11.5 Å². The van der Waals surface area contributed by atoms with E-state index in [1.54, 1.807) is 24.3 Å². The zero-order valence-corrected chi connectivity index (χ0v) is 14.4. The Morgan fingerprint density at radius 3 is 2.27 bits per heavy atom. The minimum absolute atomic E-state index is 0.120. The molecule has 26 heavy (non-hydrogen) atoms. The summed E-state index contributed by atoms with van der Waals surface area (Å²) in [7, 11) is -3.71. The lowest BCUT2D eigenvalue weighted by Crippen LogP contribution is -2.13. The summed E-state index contributed by atoms with van der Waals surface area (Å²) in [5.41, 5.74) is 7.10. The summed E-state index contributed by atoms with van der Waals surface area (Å²) in [6.07, 6.45) is 0. The Balaban J connectivity index is 1.84. The number of nitrogen functional groups attached to an aromatic ring is 1. The molecule has 0 bridgehead atoms. The maximum Gasteiger partial charge on any atom is 0.360 e. The topological polar surface area (TPSA) is 140 Å². The van der Waals surface area contributed by atoms with Crippen molar-refractivity contribution in [2.45, 2.75) is 11.8 Å². The molecule has 0 unspecified atom stereocenters. The van der Waals surface area contributed by atoms with Crippen LogP contribution in [-0.4, -0.2) is 34.5 Å². The van der Waals surface area contributed by atoms with Gasteiger partial charge in [0.1, 0.15) is 0 Å². The van der Waals surface area contributed by atoms with Crippen LogP contribution in [0.15, 0.2) is 53.4 Å². The first-order valence-electron chi connectivity index (χ1n) is 7.42.